The molecule has 1 aromatic carbocycles. The molecule has 0 unspecified atom stereocenters. The predicted octanol–water partition coefficient (Wildman–Crippen LogP) is 2.48. The molecule has 2 aromatic heterocycles. The molecule has 0 amide bonds. The minimum Gasteiger partial charge on any atom is -0.379 e. The molecule has 8 nitrogen and oxygen atoms in total. The second-order valence-electron chi connectivity index (χ2n) is 6.97. The first kappa shape index (κ1) is 20.4. The number of aryl methyl sites for hydroxylation is 1. The van der Waals surface area contributed by atoms with Crippen molar-refractivity contribution in [3.63, 3.8) is 0 Å². The smallest absolute Gasteiger partial charge is 0.243 e. The molecule has 1 aliphatic heterocycles. The lowest BCUT2D eigenvalue weighted by molar-refractivity contribution is 0.0730. The third-order valence-electron chi connectivity index (χ3n) is 4.80. The maximum atomic E-state index is 12.7. The maximum Gasteiger partial charge on any atom is 0.243 e. The van der Waals surface area contributed by atoms with Gasteiger partial charge in [0.15, 0.2) is 5.82 Å². The van der Waals surface area contributed by atoms with Gasteiger partial charge in [-0.25, -0.2) is 18.4 Å². The van der Waals surface area contributed by atoms with Gasteiger partial charge in [-0.3, -0.25) is 4.98 Å². The molecule has 30 heavy (non-hydrogen) atoms. The van der Waals surface area contributed by atoms with E-state index >= 15 is 0 Å². The average molecular weight is 426 g/mol. The molecule has 0 spiro atoms. The van der Waals surface area contributed by atoms with Crippen LogP contribution in [-0.2, 0) is 21.3 Å². The summed E-state index contributed by atoms with van der Waals surface area (Å²) in [5.41, 5.74) is 2.71. The standard InChI is InChI=1S/C21H23N5O3S/c1-16-14-20(25-21(24-16)18-6-8-22-9-7-18)23-15-17-2-4-19(5-3-17)30(27,28)26-10-12-29-13-11-26/h2-9,14H,10-13,15H2,1H3,(H,23,24,25). The SMILES string of the molecule is Cc1cc(NCc2ccc(S(=O)(=O)N3CCOCC3)cc2)nc(-c2ccncc2)n1. The Morgan fingerprint density at radius 1 is 1.03 bits per heavy atom. The Bertz CT molecular complexity index is 1100. The highest BCUT2D eigenvalue weighted by molar-refractivity contribution is 7.89. The van der Waals surface area contributed by atoms with Crippen molar-refractivity contribution in [2.45, 2.75) is 18.4 Å². The van der Waals surface area contributed by atoms with Crippen LogP contribution in [0.3, 0.4) is 0 Å². The fourth-order valence-corrected chi connectivity index (χ4v) is 4.61. The van der Waals surface area contributed by atoms with Crippen molar-refractivity contribution in [3.05, 3.63) is 66.1 Å². The Morgan fingerprint density at radius 2 is 1.73 bits per heavy atom. The van der Waals surface area contributed by atoms with E-state index in [9.17, 15) is 8.42 Å². The summed E-state index contributed by atoms with van der Waals surface area (Å²) in [7, 11) is -3.48. The van der Waals surface area contributed by atoms with Crippen LogP contribution < -0.4 is 5.32 Å². The van der Waals surface area contributed by atoms with Gasteiger partial charge in [-0.1, -0.05) is 12.1 Å². The molecule has 1 saturated heterocycles. The van der Waals surface area contributed by atoms with E-state index in [2.05, 4.69) is 20.3 Å². The van der Waals surface area contributed by atoms with Crippen molar-refractivity contribution in [3.8, 4) is 11.4 Å². The summed E-state index contributed by atoms with van der Waals surface area (Å²) < 4.78 is 32.1. The Hall–Kier alpha value is -2.88. The van der Waals surface area contributed by atoms with Crippen molar-refractivity contribution in [2.75, 3.05) is 31.6 Å². The lowest BCUT2D eigenvalue weighted by Crippen LogP contribution is -2.40. The van der Waals surface area contributed by atoms with E-state index in [0.717, 1.165) is 16.8 Å². The zero-order valence-corrected chi connectivity index (χ0v) is 17.5. The Labute approximate surface area is 176 Å². The molecular weight excluding hydrogens is 402 g/mol. The second-order valence-corrected chi connectivity index (χ2v) is 8.91. The van der Waals surface area contributed by atoms with Crippen LogP contribution >= 0.6 is 0 Å². The van der Waals surface area contributed by atoms with Gasteiger partial charge in [0.05, 0.1) is 18.1 Å². The minimum absolute atomic E-state index is 0.297. The van der Waals surface area contributed by atoms with Gasteiger partial charge in [-0.05, 0) is 36.8 Å². The molecule has 0 bridgehead atoms. The predicted molar refractivity (Wildman–Crippen MR) is 113 cm³/mol. The van der Waals surface area contributed by atoms with Crippen molar-refractivity contribution < 1.29 is 13.2 Å². The van der Waals surface area contributed by atoms with Crippen LogP contribution in [0.15, 0.2) is 59.8 Å². The molecule has 9 heteroatoms. The summed E-state index contributed by atoms with van der Waals surface area (Å²) >= 11 is 0. The summed E-state index contributed by atoms with van der Waals surface area (Å²) in [4.78, 5) is 13.4. The number of aromatic nitrogens is 3. The van der Waals surface area contributed by atoms with Crippen LogP contribution in [0, 0.1) is 6.92 Å². The quantitative estimate of drug-likeness (QED) is 0.648. The van der Waals surface area contributed by atoms with Crippen LogP contribution in [0.2, 0.25) is 0 Å². The van der Waals surface area contributed by atoms with Gasteiger partial charge in [0.25, 0.3) is 0 Å². The topological polar surface area (TPSA) is 97.3 Å². The highest BCUT2D eigenvalue weighted by atomic mass is 32.2. The van der Waals surface area contributed by atoms with Gasteiger partial charge >= 0.3 is 0 Å². The summed E-state index contributed by atoms with van der Waals surface area (Å²) in [5.74, 6) is 1.34. The third-order valence-corrected chi connectivity index (χ3v) is 6.71. The first-order chi connectivity index (χ1) is 14.5. The zero-order chi connectivity index (χ0) is 21.0. The van der Waals surface area contributed by atoms with Gasteiger partial charge < -0.3 is 10.1 Å². The van der Waals surface area contributed by atoms with Crippen LogP contribution in [0.1, 0.15) is 11.3 Å². The second kappa shape index (κ2) is 8.86. The molecule has 0 radical (unpaired) electrons. The lowest BCUT2D eigenvalue weighted by Gasteiger charge is -2.26. The van der Waals surface area contributed by atoms with E-state index in [1.165, 1.54) is 4.31 Å². The largest absolute Gasteiger partial charge is 0.379 e. The van der Waals surface area contributed by atoms with Gasteiger partial charge in [0.1, 0.15) is 5.82 Å². The number of pyridine rings is 1. The Kier molecular flexibility index (Phi) is 6.03. The molecule has 1 fully saturated rings. The molecule has 4 rings (SSSR count). The zero-order valence-electron chi connectivity index (χ0n) is 16.7. The normalized spacial score (nSPS) is 15.1. The van der Waals surface area contributed by atoms with Crippen molar-refractivity contribution in [1.29, 1.82) is 0 Å². The Balaban J connectivity index is 1.45. The van der Waals surface area contributed by atoms with Gasteiger partial charge in [-0.15, -0.1) is 0 Å². The highest BCUT2D eigenvalue weighted by Crippen LogP contribution is 2.20. The third kappa shape index (κ3) is 4.64. The van der Waals surface area contributed by atoms with E-state index in [4.69, 9.17) is 4.74 Å². The fourth-order valence-electron chi connectivity index (χ4n) is 3.20. The maximum absolute atomic E-state index is 12.7. The number of rotatable bonds is 6. The summed E-state index contributed by atoms with van der Waals surface area (Å²) in [6, 6.07) is 12.5. The minimum atomic E-state index is -3.48. The molecule has 1 aliphatic rings. The average Bonchev–Trinajstić information content (AvgIpc) is 2.79. The summed E-state index contributed by atoms with van der Waals surface area (Å²) in [6.07, 6.45) is 3.42. The van der Waals surface area contributed by atoms with Crippen LogP contribution in [-0.4, -0.2) is 54.0 Å². The van der Waals surface area contributed by atoms with Crippen molar-refractivity contribution in [2.24, 2.45) is 0 Å². The number of nitrogens with one attached hydrogen (secondary N) is 1. The molecule has 3 heterocycles. The molecular formula is C21H23N5O3S. The van der Waals surface area contributed by atoms with E-state index in [-0.39, 0.29) is 0 Å². The van der Waals surface area contributed by atoms with Crippen LogP contribution in [0.25, 0.3) is 11.4 Å². The van der Waals surface area contributed by atoms with Gasteiger partial charge in [0.2, 0.25) is 10.0 Å². The van der Waals surface area contributed by atoms with E-state index in [1.54, 1.807) is 24.5 Å². The van der Waals surface area contributed by atoms with Crippen molar-refractivity contribution in [1.82, 2.24) is 19.3 Å². The monoisotopic (exact) mass is 425 g/mol. The molecule has 0 atom stereocenters. The molecule has 156 valence electrons. The van der Waals surface area contributed by atoms with E-state index in [0.29, 0.717) is 49.4 Å². The molecule has 3 aromatic rings. The number of hydrogen-bond acceptors (Lipinski definition) is 7. The molecule has 1 N–H and O–H groups in total. The number of hydrogen-bond donors (Lipinski definition) is 1. The Morgan fingerprint density at radius 3 is 2.43 bits per heavy atom. The van der Waals surface area contributed by atoms with Gasteiger partial charge in [-0.2, -0.15) is 4.31 Å². The number of sulfonamides is 1. The van der Waals surface area contributed by atoms with E-state index in [1.807, 2.05) is 37.3 Å². The fraction of sp³-hybridized carbons (Fsp3) is 0.286. The number of nitrogens with zero attached hydrogens (tertiary/aromatic N) is 4. The highest BCUT2D eigenvalue weighted by Gasteiger charge is 2.26. The van der Waals surface area contributed by atoms with Gasteiger partial charge in [0, 0.05) is 49.4 Å². The number of morpholine rings is 1. The summed E-state index contributed by atoms with van der Waals surface area (Å²) in [6.45, 7) is 4.08. The molecule has 0 aliphatic carbocycles. The van der Waals surface area contributed by atoms with Crippen LogP contribution in [0.4, 0.5) is 5.82 Å². The lowest BCUT2D eigenvalue weighted by atomic mass is 10.2. The number of anilines is 1. The summed E-state index contributed by atoms with van der Waals surface area (Å²) in [5, 5.41) is 3.29. The number of benzene rings is 1. The first-order valence-corrected chi connectivity index (χ1v) is 11.1. The van der Waals surface area contributed by atoms with Crippen LogP contribution in [0.5, 0.6) is 0 Å². The van der Waals surface area contributed by atoms with E-state index < -0.39 is 10.0 Å². The van der Waals surface area contributed by atoms with Crippen molar-refractivity contribution >= 4 is 15.8 Å². The number of ether oxygens (including phenoxy) is 1. The first-order valence-electron chi connectivity index (χ1n) is 9.69. The molecule has 0 saturated carbocycles.